The topological polar surface area (TPSA) is 90.2 Å². The number of sulfonamides is 1. The van der Waals surface area contributed by atoms with Gasteiger partial charge in [0, 0.05) is 0 Å². The van der Waals surface area contributed by atoms with E-state index in [1.165, 1.54) is 24.3 Å². The van der Waals surface area contributed by atoms with E-state index in [1.54, 1.807) is 0 Å². The Bertz CT molecular complexity index is 634. The van der Waals surface area contributed by atoms with Gasteiger partial charge in [0.25, 0.3) is 0 Å². The van der Waals surface area contributed by atoms with Gasteiger partial charge in [0.15, 0.2) is 0 Å². The lowest BCUT2D eigenvalue weighted by molar-refractivity contribution is 0.120. The Hall–Kier alpha value is -1.42. The molecule has 0 amide bonds. The molecule has 0 bridgehead atoms. The Labute approximate surface area is 125 Å². The molecular formula is C15H20N2O3S. The lowest BCUT2D eigenvalue weighted by atomic mass is 9.78. The van der Waals surface area contributed by atoms with Gasteiger partial charge in [-0.1, -0.05) is 19.8 Å². The van der Waals surface area contributed by atoms with E-state index in [9.17, 15) is 13.5 Å². The predicted octanol–water partition coefficient (Wildman–Crippen LogP) is 1.78. The summed E-state index contributed by atoms with van der Waals surface area (Å²) in [4.78, 5) is 0.118. The van der Waals surface area contributed by atoms with Crippen LogP contribution in [0, 0.1) is 17.2 Å². The highest BCUT2D eigenvalue weighted by Gasteiger charge is 2.38. The Balaban J connectivity index is 2.24. The molecule has 1 aliphatic carbocycles. The number of benzene rings is 1. The van der Waals surface area contributed by atoms with Gasteiger partial charge in [-0.25, -0.2) is 13.1 Å². The first-order chi connectivity index (χ1) is 9.91. The van der Waals surface area contributed by atoms with Crippen molar-refractivity contribution in [1.29, 1.82) is 5.26 Å². The Morgan fingerprint density at radius 3 is 2.62 bits per heavy atom. The molecule has 5 nitrogen and oxygen atoms in total. The first-order valence-electron chi connectivity index (χ1n) is 7.06. The number of hydrogen-bond donors (Lipinski definition) is 2. The molecule has 0 radical (unpaired) electrons. The van der Waals surface area contributed by atoms with Gasteiger partial charge in [-0.2, -0.15) is 5.26 Å². The molecule has 6 heteroatoms. The number of rotatable bonds is 4. The highest BCUT2D eigenvalue weighted by atomic mass is 32.2. The summed E-state index contributed by atoms with van der Waals surface area (Å²) in [6.45, 7) is 1.87. The third kappa shape index (κ3) is 3.62. The SMILES string of the molecule is CC1CCCC(CO)(NS(=O)(=O)c2ccc(C#N)cc2)C1. The van der Waals surface area contributed by atoms with E-state index >= 15 is 0 Å². The second-order valence-corrected chi connectivity index (χ2v) is 7.56. The summed E-state index contributed by atoms with van der Waals surface area (Å²) in [6.07, 6.45) is 3.24. The van der Waals surface area contributed by atoms with Crippen LogP contribution in [0.1, 0.15) is 38.2 Å². The van der Waals surface area contributed by atoms with E-state index in [0.29, 0.717) is 24.3 Å². The van der Waals surface area contributed by atoms with Crippen molar-refractivity contribution < 1.29 is 13.5 Å². The summed E-state index contributed by atoms with van der Waals surface area (Å²) in [7, 11) is -3.70. The van der Waals surface area contributed by atoms with Gasteiger partial charge in [0.2, 0.25) is 10.0 Å². The summed E-state index contributed by atoms with van der Waals surface area (Å²) in [5.41, 5.74) is -0.359. The maximum absolute atomic E-state index is 12.5. The number of hydrogen-bond acceptors (Lipinski definition) is 4. The molecule has 2 atom stereocenters. The second kappa shape index (κ2) is 6.14. The van der Waals surface area contributed by atoms with Gasteiger partial charge in [0.1, 0.15) is 0 Å². The minimum Gasteiger partial charge on any atom is -0.394 e. The quantitative estimate of drug-likeness (QED) is 0.887. The van der Waals surface area contributed by atoms with Gasteiger partial charge in [0.05, 0.1) is 28.7 Å². The zero-order chi connectivity index (χ0) is 15.5. The predicted molar refractivity (Wildman–Crippen MR) is 78.9 cm³/mol. The maximum Gasteiger partial charge on any atom is 0.241 e. The van der Waals surface area contributed by atoms with Crippen molar-refractivity contribution in [3.8, 4) is 6.07 Å². The van der Waals surface area contributed by atoms with Crippen molar-refractivity contribution >= 4 is 10.0 Å². The fraction of sp³-hybridized carbons (Fsp3) is 0.533. The largest absolute Gasteiger partial charge is 0.394 e. The molecule has 0 heterocycles. The van der Waals surface area contributed by atoms with Crippen molar-refractivity contribution in [2.24, 2.45) is 5.92 Å². The zero-order valence-electron chi connectivity index (χ0n) is 12.0. The lowest BCUT2D eigenvalue weighted by Crippen LogP contribution is -2.53. The fourth-order valence-electron chi connectivity index (χ4n) is 2.98. The monoisotopic (exact) mass is 308 g/mol. The van der Waals surface area contributed by atoms with Crippen LogP contribution >= 0.6 is 0 Å². The molecule has 2 N–H and O–H groups in total. The third-order valence-corrected chi connectivity index (χ3v) is 5.63. The van der Waals surface area contributed by atoms with Crippen molar-refractivity contribution in [3.63, 3.8) is 0 Å². The van der Waals surface area contributed by atoms with Crippen LogP contribution < -0.4 is 4.72 Å². The van der Waals surface area contributed by atoms with Gasteiger partial charge in [-0.15, -0.1) is 0 Å². The highest BCUT2D eigenvalue weighted by molar-refractivity contribution is 7.89. The molecular weight excluding hydrogens is 288 g/mol. The van der Waals surface area contributed by atoms with Gasteiger partial charge < -0.3 is 5.11 Å². The van der Waals surface area contributed by atoms with E-state index in [0.717, 1.165) is 12.8 Å². The molecule has 2 rings (SSSR count). The number of nitrogens with zero attached hydrogens (tertiary/aromatic N) is 1. The summed E-state index contributed by atoms with van der Waals surface area (Å²) >= 11 is 0. The van der Waals surface area contributed by atoms with Gasteiger partial charge in [-0.3, -0.25) is 0 Å². The second-order valence-electron chi connectivity index (χ2n) is 5.88. The van der Waals surface area contributed by atoms with E-state index < -0.39 is 15.6 Å². The van der Waals surface area contributed by atoms with Crippen molar-refractivity contribution in [2.75, 3.05) is 6.61 Å². The summed E-state index contributed by atoms with van der Waals surface area (Å²) < 4.78 is 27.6. The number of nitriles is 1. The third-order valence-electron chi connectivity index (χ3n) is 4.04. The smallest absolute Gasteiger partial charge is 0.241 e. The lowest BCUT2D eigenvalue weighted by Gasteiger charge is -2.38. The van der Waals surface area contributed by atoms with Crippen LogP contribution in [-0.2, 0) is 10.0 Å². The maximum atomic E-state index is 12.5. The van der Waals surface area contributed by atoms with Crippen LogP contribution in [0.3, 0.4) is 0 Å². The Morgan fingerprint density at radius 1 is 1.43 bits per heavy atom. The fourth-order valence-corrected chi connectivity index (χ4v) is 4.41. The standard InChI is InChI=1S/C15H20N2O3S/c1-12-3-2-8-15(9-12,11-18)17-21(19,20)14-6-4-13(10-16)5-7-14/h4-7,12,17-18H,2-3,8-9,11H2,1H3. The first kappa shape index (κ1) is 16.0. The normalized spacial score (nSPS) is 26.2. The molecule has 114 valence electrons. The highest BCUT2D eigenvalue weighted by Crippen LogP contribution is 2.33. The van der Waals surface area contributed by atoms with Crippen LogP contribution in [-0.4, -0.2) is 25.7 Å². The van der Waals surface area contributed by atoms with Crippen LogP contribution in [0.5, 0.6) is 0 Å². The van der Waals surface area contributed by atoms with E-state index in [1.807, 2.05) is 6.07 Å². The van der Waals surface area contributed by atoms with Gasteiger partial charge in [-0.05, 0) is 43.0 Å². The van der Waals surface area contributed by atoms with Crippen molar-refractivity contribution in [3.05, 3.63) is 29.8 Å². The van der Waals surface area contributed by atoms with E-state index in [2.05, 4.69) is 11.6 Å². The molecule has 0 spiro atoms. The Morgan fingerprint density at radius 2 is 2.10 bits per heavy atom. The molecule has 1 aromatic carbocycles. The summed E-state index contributed by atoms with van der Waals surface area (Å²) in [5, 5.41) is 18.4. The summed E-state index contributed by atoms with van der Waals surface area (Å²) in [6, 6.07) is 7.74. The molecule has 0 aromatic heterocycles. The van der Waals surface area contributed by atoms with Crippen molar-refractivity contribution in [2.45, 2.75) is 43.0 Å². The number of aliphatic hydroxyl groups excluding tert-OH is 1. The summed E-state index contributed by atoms with van der Waals surface area (Å²) in [5.74, 6) is 0.384. The van der Waals surface area contributed by atoms with Gasteiger partial charge >= 0.3 is 0 Å². The molecule has 21 heavy (non-hydrogen) atoms. The minimum absolute atomic E-state index is 0.118. The van der Waals surface area contributed by atoms with Crippen molar-refractivity contribution in [1.82, 2.24) is 4.72 Å². The molecule has 1 saturated carbocycles. The van der Waals surface area contributed by atoms with Crippen LogP contribution in [0.25, 0.3) is 0 Å². The Kier molecular flexibility index (Phi) is 4.67. The van der Waals surface area contributed by atoms with E-state index in [4.69, 9.17) is 5.26 Å². The molecule has 1 aromatic rings. The average Bonchev–Trinajstić information content (AvgIpc) is 2.47. The van der Waals surface area contributed by atoms with E-state index in [-0.39, 0.29) is 11.5 Å². The minimum atomic E-state index is -3.70. The average molecular weight is 308 g/mol. The zero-order valence-corrected chi connectivity index (χ0v) is 12.9. The number of nitrogens with one attached hydrogen (secondary N) is 1. The molecule has 0 aliphatic heterocycles. The van der Waals surface area contributed by atoms with Crippen LogP contribution in [0.4, 0.5) is 0 Å². The van der Waals surface area contributed by atoms with Crippen LogP contribution in [0.15, 0.2) is 29.2 Å². The molecule has 1 aliphatic rings. The number of aliphatic hydroxyl groups is 1. The first-order valence-corrected chi connectivity index (χ1v) is 8.54. The molecule has 0 saturated heterocycles. The molecule has 1 fully saturated rings. The molecule has 2 unspecified atom stereocenters. The van der Waals surface area contributed by atoms with Crippen LogP contribution in [0.2, 0.25) is 0 Å².